The van der Waals surface area contributed by atoms with Gasteiger partial charge in [0.1, 0.15) is 10.0 Å². The predicted octanol–water partition coefficient (Wildman–Crippen LogP) is 2.81. The van der Waals surface area contributed by atoms with E-state index in [1.165, 1.54) is 24.3 Å². The van der Waals surface area contributed by atoms with Crippen LogP contribution < -0.4 is 4.18 Å². The van der Waals surface area contributed by atoms with E-state index in [9.17, 15) is 8.42 Å². The van der Waals surface area contributed by atoms with Crippen LogP contribution in [0.1, 0.15) is 5.56 Å². The Morgan fingerprint density at radius 1 is 1.11 bits per heavy atom. The maximum atomic E-state index is 11.9. The normalized spacial score (nSPS) is 11.2. The molecular formula is C12H10ClNO3S. The monoisotopic (exact) mass is 283 g/mol. The fourth-order valence-electron chi connectivity index (χ4n) is 1.30. The molecule has 4 nitrogen and oxygen atoms in total. The molecule has 2 rings (SSSR count). The second kappa shape index (κ2) is 4.96. The van der Waals surface area contributed by atoms with Crippen LogP contribution in [-0.4, -0.2) is 13.4 Å². The van der Waals surface area contributed by atoms with Gasteiger partial charge in [0.15, 0.2) is 0 Å². The highest BCUT2D eigenvalue weighted by Crippen LogP contribution is 2.18. The van der Waals surface area contributed by atoms with Gasteiger partial charge in [-0.25, -0.2) is 4.98 Å². The Bertz CT molecular complexity index is 653. The van der Waals surface area contributed by atoms with Crippen LogP contribution in [0.3, 0.4) is 0 Å². The van der Waals surface area contributed by atoms with Crippen LogP contribution in [0.2, 0.25) is 5.15 Å². The van der Waals surface area contributed by atoms with Crippen molar-refractivity contribution in [3.63, 3.8) is 0 Å². The van der Waals surface area contributed by atoms with Gasteiger partial charge in [0.2, 0.25) is 5.88 Å². The van der Waals surface area contributed by atoms with E-state index < -0.39 is 10.1 Å². The molecule has 0 atom stereocenters. The molecule has 0 amide bonds. The highest BCUT2D eigenvalue weighted by atomic mass is 35.5. The maximum absolute atomic E-state index is 11.9. The average molecular weight is 284 g/mol. The van der Waals surface area contributed by atoms with Crippen molar-refractivity contribution in [3.8, 4) is 5.88 Å². The van der Waals surface area contributed by atoms with Gasteiger partial charge in [-0.1, -0.05) is 35.4 Å². The third kappa shape index (κ3) is 3.00. The Morgan fingerprint density at radius 3 is 2.39 bits per heavy atom. The van der Waals surface area contributed by atoms with Crippen molar-refractivity contribution in [1.29, 1.82) is 0 Å². The third-order valence-corrected chi connectivity index (χ3v) is 3.64. The lowest BCUT2D eigenvalue weighted by Crippen LogP contribution is -2.10. The van der Waals surface area contributed by atoms with Gasteiger partial charge in [-0.2, -0.15) is 8.42 Å². The van der Waals surface area contributed by atoms with Crippen LogP contribution in [0.15, 0.2) is 47.4 Å². The zero-order chi connectivity index (χ0) is 13.2. The van der Waals surface area contributed by atoms with Crippen molar-refractivity contribution in [2.24, 2.45) is 0 Å². The molecule has 0 aliphatic rings. The molecule has 0 aliphatic heterocycles. The van der Waals surface area contributed by atoms with Crippen LogP contribution in [0.5, 0.6) is 5.88 Å². The lowest BCUT2D eigenvalue weighted by atomic mass is 10.2. The van der Waals surface area contributed by atoms with Crippen molar-refractivity contribution >= 4 is 21.7 Å². The largest absolute Gasteiger partial charge is 0.358 e. The first-order valence-corrected chi connectivity index (χ1v) is 6.90. The van der Waals surface area contributed by atoms with Gasteiger partial charge in [-0.15, -0.1) is 0 Å². The van der Waals surface area contributed by atoms with E-state index in [4.69, 9.17) is 15.8 Å². The molecule has 1 aromatic heterocycles. The smallest absolute Gasteiger partial charge is 0.340 e. The Morgan fingerprint density at radius 2 is 1.78 bits per heavy atom. The van der Waals surface area contributed by atoms with Crippen molar-refractivity contribution in [2.75, 3.05) is 0 Å². The zero-order valence-electron chi connectivity index (χ0n) is 9.50. The molecule has 0 radical (unpaired) electrons. The molecule has 0 saturated carbocycles. The molecule has 0 bridgehead atoms. The highest BCUT2D eigenvalue weighted by Gasteiger charge is 2.17. The fourth-order valence-corrected chi connectivity index (χ4v) is 2.34. The van der Waals surface area contributed by atoms with Gasteiger partial charge in [-0.3, -0.25) is 0 Å². The van der Waals surface area contributed by atoms with Crippen molar-refractivity contribution in [1.82, 2.24) is 4.98 Å². The van der Waals surface area contributed by atoms with Gasteiger partial charge in [-0.05, 0) is 25.1 Å². The van der Waals surface area contributed by atoms with Crippen LogP contribution in [0, 0.1) is 6.92 Å². The number of halogens is 1. The second-order valence-electron chi connectivity index (χ2n) is 3.65. The quantitative estimate of drug-likeness (QED) is 0.642. The predicted molar refractivity (Wildman–Crippen MR) is 68.2 cm³/mol. The Balaban J connectivity index is 2.30. The summed E-state index contributed by atoms with van der Waals surface area (Å²) in [6, 6.07) is 10.9. The summed E-state index contributed by atoms with van der Waals surface area (Å²) in [5.74, 6) is -0.0527. The van der Waals surface area contributed by atoms with Crippen LogP contribution >= 0.6 is 11.6 Å². The first-order valence-electron chi connectivity index (χ1n) is 5.11. The molecule has 6 heteroatoms. The summed E-state index contributed by atoms with van der Waals surface area (Å²) in [5, 5.41) is 0.173. The molecule has 1 aromatic carbocycles. The number of rotatable bonds is 3. The van der Waals surface area contributed by atoms with Crippen molar-refractivity contribution in [2.45, 2.75) is 11.8 Å². The summed E-state index contributed by atoms with van der Waals surface area (Å²) in [6.07, 6.45) is 0. The summed E-state index contributed by atoms with van der Waals surface area (Å²) in [7, 11) is -3.87. The fraction of sp³-hybridized carbons (Fsp3) is 0.0833. The van der Waals surface area contributed by atoms with E-state index >= 15 is 0 Å². The van der Waals surface area contributed by atoms with Crippen molar-refractivity contribution < 1.29 is 12.6 Å². The van der Waals surface area contributed by atoms with Crippen LogP contribution in [0.4, 0.5) is 0 Å². The molecule has 0 spiro atoms. The number of aryl methyl sites for hydroxylation is 1. The summed E-state index contributed by atoms with van der Waals surface area (Å²) in [5.41, 5.74) is 0.967. The Hall–Kier alpha value is -1.59. The van der Waals surface area contributed by atoms with Crippen LogP contribution in [0.25, 0.3) is 0 Å². The zero-order valence-corrected chi connectivity index (χ0v) is 11.1. The van der Waals surface area contributed by atoms with E-state index in [-0.39, 0.29) is 15.9 Å². The van der Waals surface area contributed by atoms with E-state index in [2.05, 4.69) is 4.98 Å². The van der Waals surface area contributed by atoms with E-state index in [0.717, 1.165) is 5.56 Å². The minimum absolute atomic E-state index is 0.0527. The molecule has 2 aromatic rings. The Labute approximate surface area is 110 Å². The SMILES string of the molecule is Cc1ccc(S(=O)(=O)Oc2cccc(Cl)n2)cc1. The van der Waals surface area contributed by atoms with E-state index in [1.807, 2.05) is 6.92 Å². The number of hydrogen-bond acceptors (Lipinski definition) is 4. The maximum Gasteiger partial charge on any atom is 0.340 e. The minimum atomic E-state index is -3.87. The molecule has 0 aliphatic carbocycles. The van der Waals surface area contributed by atoms with Gasteiger partial charge in [0.25, 0.3) is 0 Å². The molecule has 94 valence electrons. The summed E-state index contributed by atoms with van der Waals surface area (Å²) < 4.78 is 28.7. The Kier molecular flexibility index (Phi) is 3.54. The van der Waals surface area contributed by atoms with Gasteiger partial charge >= 0.3 is 10.1 Å². The average Bonchev–Trinajstić information content (AvgIpc) is 2.29. The number of nitrogens with zero attached hydrogens (tertiary/aromatic N) is 1. The topological polar surface area (TPSA) is 56.3 Å². The number of hydrogen-bond donors (Lipinski definition) is 0. The molecular weight excluding hydrogens is 274 g/mol. The minimum Gasteiger partial charge on any atom is -0.358 e. The van der Waals surface area contributed by atoms with E-state index in [0.29, 0.717) is 0 Å². The lowest BCUT2D eigenvalue weighted by molar-refractivity contribution is 0.476. The van der Waals surface area contributed by atoms with Gasteiger partial charge in [0.05, 0.1) is 0 Å². The van der Waals surface area contributed by atoms with E-state index in [1.54, 1.807) is 18.2 Å². The molecule has 0 fully saturated rings. The highest BCUT2D eigenvalue weighted by molar-refractivity contribution is 7.87. The molecule has 18 heavy (non-hydrogen) atoms. The van der Waals surface area contributed by atoms with Gasteiger partial charge in [0, 0.05) is 6.07 Å². The second-order valence-corrected chi connectivity index (χ2v) is 5.58. The number of pyridine rings is 1. The molecule has 0 saturated heterocycles. The summed E-state index contributed by atoms with van der Waals surface area (Å²) in [6.45, 7) is 1.87. The number of aromatic nitrogens is 1. The molecule has 1 heterocycles. The first-order chi connectivity index (χ1) is 8.47. The molecule has 0 unspecified atom stereocenters. The lowest BCUT2D eigenvalue weighted by Gasteiger charge is -2.06. The van der Waals surface area contributed by atoms with Crippen molar-refractivity contribution in [3.05, 3.63) is 53.2 Å². The standard InChI is InChI=1S/C12H10ClNO3S/c1-9-5-7-10(8-6-9)18(15,16)17-12-4-2-3-11(13)14-12/h2-8H,1H3. The van der Waals surface area contributed by atoms with Gasteiger partial charge < -0.3 is 4.18 Å². The summed E-state index contributed by atoms with van der Waals surface area (Å²) in [4.78, 5) is 3.84. The summed E-state index contributed by atoms with van der Waals surface area (Å²) >= 11 is 5.65. The molecule has 0 N–H and O–H groups in total. The first kappa shape index (κ1) is 12.9. The third-order valence-electron chi connectivity index (χ3n) is 2.19. The van der Waals surface area contributed by atoms with Crippen LogP contribution in [-0.2, 0) is 10.1 Å². The number of benzene rings is 1.